The van der Waals surface area contributed by atoms with E-state index in [4.69, 9.17) is 4.74 Å². The van der Waals surface area contributed by atoms with E-state index in [1.807, 2.05) is 30.3 Å². The summed E-state index contributed by atoms with van der Waals surface area (Å²) in [4.78, 5) is 16.0. The summed E-state index contributed by atoms with van der Waals surface area (Å²) in [5, 5.41) is 2.91. The molecule has 1 fully saturated rings. The third kappa shape index (κ3) is 4.28. The van der Waals surface area contributed by atoms with E-state index in [1.54, 1.807) is 6.07 Å². The highest BCUT2D eigenvalue weighted by Gasteiger charge is 2.20. The van der Waals surface area contributed by atoms with E-state index in [0.29, 0.717) is 18.7 Å². The number of benzene rings is 2. The number of fused-ring (bicyclic) bond motifs is 1. The van der Waals surface area contributed by atoms with Gasteiger partial charge in [0.25, 0.3) is 0 Å². The predicted octanol–water partition coefficient (Wildman–Crippen LogP) is 3.30. The Labute approximate surface area is 165 Å². The molecule has 148 valence electrons. The Kier molecular flexibility index (Phi) is 5.76. The van der Waals surface area contributed by atoms with Crippen LogP contribution in [0.2, 0.25) is 0 Å². The molecular formula is C22H26FN3O2. The van der Waals surface area contributed by atoms with Gasteiger partial charge in [-0.3, -0.25) is 9.69 Å². The molecular weight excluding hydrogens is 357 g/mol. The maximum absolute atomic E-state index is 13.9. The molecule has 0 aliphatic carbocycles. The quantitative estimate of drug-likeness (QED) is 0.778. The normalized spacial score (nSPS) is 17.2. The lowest BCUT2D eigenvalue weighted by Crippen LogP contribution is -2.47. The Morgan fingerprint density at radius 3 is 2.64 bits per heavy atom. The van der Waals surface area contributed by atoms with Crippen molar-refractivity contribution in [1.82, 2.24) is 4.90 Å². The summed E-state index contributed by atoms with van der Waals surface area (Å²) < 4.78 is 19.9. The van der Waals surface area contributed by atoms with Gasteiger partial charge >= 0.3 is 0 Å². The second-order valence-electron chi connectivity index (χ2n) is 7.31. The molecule has 2 aliphatic rings. The van der Waals surface area contributed by atoms with Crippen LogP contribution >= 0.6 is 0 Å². The monoisotopic (exact) mass is 383 g/mol. The highest BCUT2D eigenvalue weighted by Crippen LogP contribution is 2.31. The van der Waals surface area contributed by atoms with Crippen LogP contribution in [0.4, 0.5) is 15.8 Å². The minimum atomic E-state index is -0.147. The number of halogens is 1. The first-order valence-corrected chi connectivity index (χ1v) is 9.97. The van der Waals surface area contributed by atoms with Crippen molar-refractivity contribution in [3.05, 3.63) is 53.8 Å². The second-order valence-corrected chi connectivity index (χ2v) is 7.31. The number of carbonyl (C=O) groups excluding carboxylic acids is 1. The van der Waals surface area contributed by atoms with Crippen molar-refractivity contribution >= 4 is 17.3 Å². The number of para-hydroxylation sites is 1. The molecule has 4 rings (SSSR count). The Hall–Kier alpha value is -2.60. The van der Waals surface area contributed by atoms with Crippen LogP contribution in [0.5, 0.6) is 5.75 Å². The highest BCUT2D eigenvalue weighted by atomic mass is 19.1. The van der Waals surface area contributed by atoms with Crippen molar-refractivity contribution in [3.8, 4) is 5.75 Å². The van der Waals surface area contributed by atoms with Crippen LogP contribution in [-0.4, -0.2) is 50.1 Å². The molecule has 0 unspecified atom stereocenters. The maximum atomic E-state index is 13.9. The fourth-order valence-corrected chi connectivity index (χ4v) is 3.92. The molecule has 0 saturated carbocycles. The van der Waals surface area contributed by atoms with Gasteiger partial charge in [0.2, 0.25) is 5.91 Å². The first-order chi connectivity index (χ1) is 13.7. The molecule has 0 bridgehead atoms. The number of carbonyl (C=O) groups is 1. The molecule has 2 heterocycles. The number of nitrogens with zero attached hydrogens (tertiary/aromatic N) is 2. The highest BCUT2D eigenvalue weighted by molar-refractivity contribution is 5.94. The standard InChI is InChI=1S/C22H26FN3O2/c23-18-5-1-2-7-20(18)26-14-12-25(13-15-26)11-4-16-28-21-8-3-6-19-17(21)9-10-22(27)24-19/h1-3,5-8H,4,9-16H2,(H,24,27). The average Bonchev–Trinajstić information content (AvgIpc) is 2.72. The van der Waals surface area contributed by atoms with Crippen LogP contribution in [0.1, 0.15) is 18.4 Å². The lowest BCUT2D eigenvalue weighted by atomic mass is 10.0. The summed E-state index contributed by atoms with van der Waals surface area (Å²) in [5.41, 5.74) is 2.67. The molecule has 0 radical (unpaired) electrons. The molecule has 2 aromatic carbocycles. The summed E-state index contributed by atoms with van der Waals surface area (Å²) in [6.45, 7) is 5.17. The van der Waals surface area contributed by atoms with E-state index in [-0.39, 0.29) is 11.7 Å². The zero-order valence-corrected chi connectivity index (χ0v) is 16.0. The van der Waals surface area contributed by atoms with Gasteiger partial charge in [-0.1, -0.05) is 18.2 Å². The summed E-state index contributed by atoms with van der Waals surface area (Å²) >= 11 is 0. The minimum absolute atomic E-state index is 0.0687. The summed E-state index contributed by atoms with van der Waals surface area (Å²) in [5.74, 6) is 0.799. The number of rotatable bonds is 6. The SMILES string of the molecule is O=C1CCc2c(cccc2OCCCN2CCN(c3ccccc3F)CC2)N1. The topological polar surface area (TPSA) is 44.8 Å². The summed E-state index contributed by atoms with van der Waals surface area (Å²) in [6.07, 6.45) is 2.19. The Morgan fingerprint density at radius 2 is 1.82 bits per heavy atom. The van der Waals surface area contributed by atoms with Gasteiger partial charge in [0.15, 0.2) is 0 Å². The molecule has 0 aromatic heterocycles. The van der Waals surface area contributed by atoms with Crippen LogP contribution < -0.4 is 15.0 Å². The summed E-state index contributed by atoms with van der Waals surface area (Å²) in [7, 11) is 0. The van der Waals surface area contributed by atoms with E-state index in [0.717, 1.165) is 62.6 Å². The van der Waals surface area contributed by atoms with Crippen LogP contribution in [0.25, 0.3) is 0 Å². The van der Waals surface area contributed by atoms with Crippen molar-refractivity contribution in [2.45, 2.75) is 19.3 Å². The Balaban J connectivity index is 1.22. The third-order valence-electron chi connectivity index (χ3n) is 5.45. The van der Waals surface area contributed by atoms with E-state index < -0.39 is 0 Å². The van der Waals surface area contributed by atoms with Crippen molar-refractivity contribution in [1.29, 1.82) is 0 Å². The smallest absolute Gasteiger partial charge is 0.224 e. The van der Waals surface area contributed by atoms with Gasteiger partial charge in [0.1, 0.15) is 11.6 Å². The van der Waals surface area contributed by atoms with E-state index in [2.05, 4.69) is 15.1 Å². The van der Waals surface area contributed by atoms with Crippen LogP contribution in [-0.2, 0) is 11.2 Å². The lowest BCUT2D eigenvalue weighted by molar-refractivity contribution is -0.116. The van der Waals surface area contributed by atoms with Gasteiger partial charge in [0.05, 0.1) is 12.3 Å². The molecule has 0 spiro atoms. The number of ether oxygens (including phenoxy) is 1. The number of hydrogen-bond acceptors (Lipinski definition) is 4. The van der Waals surface area contributed by atoms with Gasteiger partial charge in [-0.2, -0.15) is 0 Å². The molecule has 6 heteroatoms. The molecule has 1 N–H and O–H groups in total. The Morgan fingerprint density at radius 1 is 1.00 bits per heavy atom. The second kappa shape index (κ2) is 8.61. The van der Waals surface area contributed by atoms with Crippen LogP contribution in [0.15, 0.2) is 42.5 Å². The van der Waals surface area contributed by atoms with E-state index in [9.17, 15) is 9.18 Å². The van der Waals surface area contributed by atoms with Crippen molar-refractivity contribution in [2.75, 3.05) is 49.5 Å². The molecule has 0 atom stereocenters. The summed E-state index contributed by atoms with van der Waals surface area (Å²) in [6, 6.07) is 12.8. The number of amides is 1. The third-order valence-corrected chi connectivity index (χ3v) is 5.45. The first kappa shape index (κ1) is 18.7. The molecule has 5 nitrogen and oxygen atoms in total. The van der Waals surface area contributed by atoms with Gasteiger partial charge in [-0.05, 0) is 37.1 Å². The zero-order chi connectivity index (χ0) is 19.3. The van der Waals surface area contributed by atoms with Crippen molar-refractivity contribution in [3.63, 3.8) is 0 Å². The van der Waals surface area contributed by atoms with Gasteiger partial charge < -0.3 is 15.0 Å². The lowest BCUT2D eigenvalue weighted by Gasteiger charge is -2.36. The fourth-order valence-electron chi connectivity index (χ4n) is 3.92. The molecule has 1 amide bonds. The Bertz CT molecular complexity index is 834. The first-order valence-electron chi connectivity index (χ1n) is 9.97. The number of piperazine rings is 1. The number of nitrogens with one attached hydrogen (secondary N) is 1. The van der Waals surface area contributed by atoms with E-state index in [1.165, 1.54) is 6.07 Å². The van der Waals surface area contributed by atoms with Crippen LogP contribution in [0.3, 0.4) is 0 Å². The van der Waals surface area contributed by atoms with Crippen molar-refractivity contribution in [2.24, 2.45) is 0 Å². The molecule has 2 aliphatic heterocycles. The van der Waals surface area contributed by atoms with Gasteiger partial charge in [-0.15, -0.1) is 0 Å². The minimum Gasteiger partial charge on any atom is -0.493 e. The van der Waals surface area contributed by atoms with Crippen molar-refractivity contribution < 1.29 is 13.9 Å². The fraction of sp³-hybridized carbons (Fsp3) is 0.409. The average molecular weight is 383 g/mol. The number of hydrogen-bond donors (Lipinski definition) is 1. The van der Waals surface area contributed by atoms with Gasteiger partial charge in [0, 0.05) is 50.4 Å². The van der Waals surface area contributed by atoms with E-state index >= 15 is 0 Å². The maximum Gasteiger partial charge on any atom is 0.224 e. The van der Waals surface area contributed by atoms with Gasteiger partial charge in [-0.25, -0.2) is 4.39 Å². The molecule has 1 saturated heterocycles. The number of anilines is 2. The predicted molar refractivity (Wildman–Crippen MR) is 109 cm³/mol. The largest absolute Gasteiger partial charge is 0.493 e. The zero-order valence-electron chi connectivity index (χ0n) is 16.0. The van der Waals surface area contributed by atoms with Crippen LogP contribution in [0, 0.1) is 5.82 Å². The molecule has 2 aromatic rings. The molecule has 28 heavy (non-hydrogen) atoms.